The lowest BCUT2D eigenvalue weighted by atomic mass is 10.1. The highest BCUT2D eigenvalue weighted by molar-refractivity contribution is 6.30. The fourth-order valence-corrected chi connectivity index (χ4v) is 3.81. The lowest BCUT2D eigenvalue weighted by Gasteiger charge is -2.19. The van der Waals surface area contributed by atoms with E-state index in [-0.39, 0.29) is 5.91 Å². The largest absolute Gasteiger partial charge is 0.299 e. The molecule has 0 aliphatic carbocycles. The van der Waals surface area contributed by atoms with Crippen molar-refractivity contribution in [1.82, 2.24) is 20.0 Å². The van der Waals surface area contributed by atoms with Gasteiger partial charge in [0.15, 0.2) is 0 Å². The third-order valence-electron chi connectivity index (χ3n) is 5.30. The first kappa shape index (κ1) is 19.7. The third-order valence-corrected chi connectivity index (χ3v) is 5.55. The fourth-order valence-electron chi connectivity index (χ4n) is 3.69. The molecule has 1 saturated heterocycles. The maximum atomic E-state index is 12.9. The first-order valence-electron chi connectivity index (χ1n) is 10.1. The summed E-state index contributed by atoms with van der Waals surface area (Å²) in [6.07, 6.45) is 6.45. The molecule has 150 valence electrons. The summed E-state index contributed by atoms with van der Waals surface area (Å²) >= 11 is 6.06. The van der Waals surface area contributed by atoms with Crippen molar-refractivity contribution in [2.75, 3.05) is 13.1 Å². The average molecular weight is 409 g/mol. The number of benzene rings is 2. The second kappa shape index (κ2) is 8.80. The number of nitrogens with zero attached hydrogens (tertiary/aromatic N) is 3. The van der Waals surface area contributed by atoms with Gasteiger partial charge in [0.1, 0.15) is 11.5 Å². The molecule has 0 spiro atoms. The highest BCUT2D eigenvalue weighted by Crippen LogP contribution is 2.26. The van der Waals surface area contributed by atoms with E-state index in [9.17, 15) is 4.79 Å². The molecule has 1 aromatic heterocycles. The Balaban J connectivity index is 1.70. The molecule has 4 rings (SSSR count). The topological polar surface area (TPSA) is 50.2 Å². The first-order chi connectivity index (χ1) is 14.1. The van der Waals surface area contributed by atoms with Gasteiger partial charge < -0.3 is 0 Å². The molecule has 0 bridgehead atoms. The molecule has 0 unspecified atom stereocenters. The number of hydrogen-bond acceptors (Lipinski definition) is 3. The van der Waals surface area contributed by atoms with Gasteiger partial charge in [0.25, 0.3) is 5.91 Å². The molecular formula is C23H25ClN4O. The molecule has 0 radical (unpaired) electrons. The second-order valence-electron chi connectivity index (χ2n) is 7.45. The van der Waals surface area contributed by atoms with Gasteiger partial charge in [-0.25, -0.2) is 9.99 Å². The quantitative estimate of drug-likeness (QED) is 0.659. The number of carbonyl (C=O) groups is 1. The van der Waals surface area contributed by atoms with Crippen molar-refractivity contribution in [2.45, 2.75) is 32.6 Å². The van der Waals surface area contributed by atoms with Crippen LogP contribution in [0.3, 0.4) is 0 Å². The summed E-state index contributed by atoms with van der Waals surface area (Å²) in [5.74, 6) is 0.570. The van der Waals surface area contributed by atoms with Crippen LogP contribution in [-0.2, 0) is 0 Å². The lowest BCUT2D eigenvalue weighted by molar-refractivity contribution is 0.0789. The number of carbonyl (C=O) groups excluding carboxylic acids is 1. The highest BCUT2D eigenvalue weighted by atomic mass is 35.5. The van der Waals surface area contributed by atoms with E-state index in [0.29, 0.717) is 10.7 Å². The fraction of sp³-hybridized carbons (Fsp3) is 0.304. The summed E-state index contributed by atoms with van der Waals surface area (Å²) < 4.78 is 1.95. The Morgan fingerprint density at radius 1 is 1.00 bits per heavy atom. The van der Waals surface area contributed by atoms with E-state index in [0.717, 1.165) is 48.6 Å². The van der Waals surface area contributed by atoms with Crippen LogP contribution in [0.2, 0.25) is 5.02 Å². The summed E-state index contributed by atoms with van der Waals surface area (Å²) in [6.45, 7) is 3.82. The average Bonchev–Trinajstić information content (AvgIpc) is 3.00. The van der Waals surface area contributed by atoms with Gasteiger partial charge in [0.2, 0.25) is 0 Å². The van der Waals surface area contributed by atoms with Crippen molar-refractivity contribution < 1.29 is 4.79 Å². The van der Waals surface area contributed by atoms with Gasteiger partial charge in [0, 0.05) is 35.6 Å². The molecule has 1 aliphatic rings. The van der Waals surface area contributed by atoms with Crippen LogP contribution in [-0.4, -0.2) is 33.6 Å². The Kier molecular flexibility index (Phi) is 5.97. The van der Waals surface area contributed by atoms with Crippen LogP contribution in [0.1, 0.15) is 41.7 Å². The summed E-state index contributed by atoms with van der Waals surface area (Å²) in [6, 6.07) is 15.6. The minimum atomic E-state index is -0.172. The first-order valence-corrected chi connectivity index (χ1v) is 10.5. The van der Waals surface area contributed by atoms with Gasteiger partial charge in [-0.2, -0.15) is 0 Å². The van der Waals surface area contributed by atoms with Crippen LogP contribution in [0.4, 0.5) is 0 Å². The second-order valence-corrected chi connectivity index (χ2v) is 7.89. The van der Waals surface area contributed by atoms with E-state index in [1.54, 1.807) is 6.20 Å². The number of nitrogens with one attached hydrogen (secondary N) is 1. The van der Waals surface area contributed by atoms with E-state index in [1.165, 1.54) is 12.8 Å². The monoisotopic (exact) mass is 408 g/mol. The van der Waals surface area contributed by atoms with Gasteiger partial charge in [-0.15, -0.1) is 0 Å². The molecule has 2 heterocycles. The Hall–Kier alpha value is -2.63. The number of amides is 1. The van der Waals surface area contributed by atoms with Gasteiger partial charge in [0.05, 0.1) is 0 Å². The SMILES string of the molecule is Cc1ccccc1-c1nc(C(=O)NN2CCCCCC2)cn1-c1ccc(Cl)cc1. The summed E-state index contributed by atoms with van der Waals surface area (Å²) in [4.78, 5) is 17.7. The summed E-state index contributed by atoms with van der Waals surface area (Å²) in [5, 5.41) is 2.69. The predicted molar refractivity (Wildman–Crippen MR) is 116 cm³/mol. The molecule has 3 aromatic rings. The Bertz CT molecular complexity index is 988. The number of aryl methyl sites for hydroxylation is 1. The minimum absolute atomic E-state index is 0.172. The smallest absolute Gasteiger partial charge is 0.285 e. The van der Waals surface area contributed by atoms with Crippen LogP contribution < -0.4 is 5.43 Å². The molecule has 1 amide bonds. The highest BCUT2D eigenvalue weighted by Gasteiger charge is 2.20. The number of imidazole rings is 1. The molecule has 5 nitrogen and oxygen atoms in total. The van der Waals surface area contributed by atoms with Crippen molar-refractivity contribution in [3.05, 3.63) is 71.0 Å². The lowest BCUT2D eigenvalue weighted by Crippen LogP contribution is -2.42. The number of aromatic nitrogens is 2. The maximum absolute atomic E-state index is 12.9. The predicted octanol–water partition coefficient (Wildman–Crippen LogP) is 5.02. The number of rotatable bonds is 4. The summed E-state index contributed by atoms with van der Waals surface area (Å²) in [5.41, 5.74) is 6.46. The van der Waals surface area contributed by atoms with Crippen LogP contribution in [0.15, 0.2) is 54.7 Å². The molecular weight excluding hydrogens is 384 g/mol. The molecule has 1 fully saturated rings. The molecule has 29 heavy (non-hydrogen) atoms. The van der Waals surface area contributed by atoms with Crippen molar-refractivity contribution in [3.63, 3.8) is 0 Å². The molecule has 0 saturated carbocycles. The van der Waals surface area contributed by atoms with E-state index in [4.69, 9.17) is 16.6 Å². The van der Waals surface area contributed by atoms with Gasteiger partial charge in [-0.3, -0.25) is 14.8 Å². The van der Waals surface area contributed by atoms with Gasteiger partial charge in [-0.05, 0) is 49.6 Å². The van der Waals surface area contributed by atoms with Crippen LogP contribution in [0.25, 0.3) is 17.1 Å². The van der Waals surface area contributed by atoms with E-state index >= 15 is 0 Å². The zero-order valence-electron chi connectivity index (χ0n) is 16.6. The maximum Gasteiger partial charge on any atom is 0.285 e. The summed E-state index contributed by atoms with van der Waals surface area (Å²) in [7, 11) is 0. The van der Waals surface area contributed by atoms with Crippen molar-refractivity contribution >= 4 is 17.5 Å². The van der Waals surface area contributed by atoms with Crippen LogP contribution >= 0.6 is 11.6 Å². The third kappa shape index (κ3) is 4.52. The van der Waals surface area contributed by atoms with Crippen molar-refractivity contribution in [1.29, 1.82) is 0 Å². The minimum Gasteiger partial charge on any atom is -0.299 e. The van der Waals surface area contributed by atoms with Crippen LogP contribution in [0, 0.1) is 6.92 Å². The normalized spacial score (nSPS) is 15.1. The number of halogens is 1. The zero-order valence-corrected chi connectivity index (χ0v) is 17.3. The molecule has 0 atom stereocenters. The molecule has 1 N–H and O–H groups in total. The van der Waals surface area contributed by atoms with Gasteiger partial charge >= 0.3 is 0 Å². The van der Waals surface area contributed by atoms with Crippen molar-refractivity contribution in [3.8, 4) is 17.1 Å². The number of hydrogen-bond donors (Lipinski definition) is 1. The Morgan fingerprint density at radius 3 is 2.38 bits per heavy atom. The van der Waals surface area contributed by atoms with E-state index < -0.39 is 0 Å². The van der Waals surface area contributed by atoms with E-state index in [1.807, 2.05) is 65.0 Å². The molecule has 2 aromatic carbocycles. The molecule has 1 aliphatic heterocycles. The Morgan fingerprint density at radius 2 is 1.69 bits per heavy atom. The van der Waals surface area contributed by atoms with E-state index in [2.05, 4.69) is 5.43 Å². The Labute approximate surface area is 176 Å². The molecule has 6 heteroatoms. The van der Waals surface area contributed by atoms with Crippen LogP contribution in [0.5, 0.6) is 0 Å². The standard InChI is InChI=1S/C23H25ClN4O/c1-17-8-4-5-9-20(17)22-25-21(16-28(22)19-12-10-18(24)11-13-19)23(29)26-27-14-6-2-3-7-15-27/h4-5,8-13,16H,2-3,6-7,14-15H2,1H3,(H,26,29). The zero-order chi connectivity index (χ0) is 20.2. The number of hydrazine groups is 1. The van der Waals surface area contributed by atoms with Gasteiger partial charge in [-0.1, -0.05) is 48.7 Å². The van der Waals surface area contributed by atoms with Crippen molar-refractivity contribution in [2.24, 2.45) is 0 Å².